The zero-order valence-electron chi connectivity index (χ0n) is 10.9. The number of nitrogens with zero attached hydrogens (tertiary/aromatic N) is 2. The Morgan fingerprint density at radius 2 is 2.24 bits per heavy atom. The van der Waals surface area contributed by atoms with Crippen LogP contribution in [0.2, 0.25) is 0 Å². The molecule has 0 atom stereocenters. The summed E-state index contributed by atoms with van der Waals surface area (Å²) in [5.41, 5.74) is 2.67. The lowest BCUT2D eigenvalue weighted by Crippen LogP contribution is -2.27. The zero-order valence-corrected chi connectivity index (χ0v) is 10.9. The Bertz CT molecular complexity index is 347. The van der Waals surface area contributed by atoms with E-state index in [-0.39, 0.29) is 0 Å². The maximum Gasteiger partial charge on any atom is 0.0598 e. The van der Waals surface area contributed by atoms with Crippen molar-refractivity contribution in [2.75, 3.05) is 24.5 Å². The highest BCUT2D eigenvalue weighted by atomic mass is 15.1. The quantitative estimate of drug-likeness (QED) is 0.784. The van der Waals surface area contributed by atoms with E-state index in [9.17, 15) is 0 Å². The Morgan fingerprint density at radius 3 is 2.88 bits per heavy atom. The molecule has 1 fully saturated rings. The van der Waals surface area contributed by atoms with Crippen LogP contribution in [0.1, 0.15) is 32.3 Å². The van der Waals surface area contributed by atoms with Crippen LogP contribution >= 0.6 is 0 Å². The van der Waals surface area contributed by atoms with Crippen LogP contribution < -0.4 is 10.2 Å². The van der Waals surface area contributed by atoms with E-state index in [2.05, 4.69) is 35.1 Å². The standard InChI is InChI=1S/C14H23N3/c1-3-15-9-13-7-8-16-10-14(13)17(4-2)11-12-5-6-12/h7-8,10,12,15H,3-6,9,11H2,1-2H3. The highest BCUT2D eigenvalue weighted by Gasteiger charge is 2.24. The van der Waals surface area contributed by atoms with Gasteiger partial charge < -0.3 is 10.2 Å². The molecule has 0 spiro atoms. The second-order valence-corrected chi connectivity index (χ2v) is 4.77. The van der Waals surface area contributed by atoms with Crippen molar-refractivity contribution in [3.05, 3.63) is 24.0 Å². The summed E-state index contributed by atoms with van der Waals surface area (Å²) in [6.07, 6.45) is 6.71. The first kappa shape index (κ1) is 12.4. The molecule has 1 aromatic rings. The van der Waals surface area contributed by atoms with Gasteiger partial charge >= 0.3 is 0 Å². The summed E-state index contributed by atoms with van der Waals surface area (Å²) in [5, 5.41) is 3.40. The molecule has 1 saturated carbocycles. The number of hydrogen-bond acceptors (Lipinski definition) is 3. The van der Waals surface area contributed by atoms with Gasteiger partial charge in [0.05, 0.1) is 11.9 Å². The molecule has 0 unspecified atom stereocenters. The molecular formula is C14H23N3. The second kappa shape index (κ2) is 6.01. The minimum absolute atomic E-state index is 0.919. The van der Waals surface area contributed by atoms with Crippen LogP contribution in [0.15, 0.2) is 18.5 Å². The lowest BCUT2D eigenvalue weighted by molar-refractivity contribution is 0.704. The fourth-order valence-corrected chi connectivity index (χ4v) is 2.12. The van der Waals surface area contributed by atoms with Crippen LogP contribution in [-0.2, 0) is 6.54 Å². The van der Waals surface area contributed by atoms with Crippen molar-refractivity contribution < 1.29 is 0 Å². The number of anilines is 1. The van der Waals surface area contributed by atoms with Gasteiger partial charge in [0.25, 0.3) is 0 Å². The van der Waals surface area contributed by atoms with Crippen LogP contribution in [0.4, 0.5) is 5.69 Å². The molecular weight excluding hydrogens is 210 g/mol. The van der Waals surface area contributed by atoms with E-state index < -0.39 is 0 Å². The van der Waals surface area contributed by atoms with Gasteiger partial charge in [-0.15, -0.1) is 0 Å². The van der Waals surface area contributed by atoms with Gasteiger partial charge in [-0.2, -0.15) is 0 Å². The van der Waals surface area contributed by atoms with E-state index in [0.29, 0.717) is 0 Å². The van der Waals surface area contributed by atoms with E-state index >= 15 is 0 Å². The molecule has 0 aliphatic heterocycles. The largest absolute Gasteiger partial charge is 0.370 e. The fourth-order valence-electron chi connectivity index (χ4n) is 2.12. The van der Waals surface area contributed by atoms with Gasteiger partial charge in [-0.05, 0) is 43.9 Å². The lowest BCUT2D eigenvalue weighted by atomic mass is 10.2. The van der Waals surface area contributed by atoms with Gasteiger partial charge in [-0.3, -0.25) is 4.98 Å². The Labute approximate surface area is 104 Å². The van der Waals surface area contributed by atoms with Crippen molar-refractivity contribution in [1.82, 2.24) is 10.3 Å². The van der Waals surface area contributed by atoms with Crippen molar-refractivity contribution in [2.45, 2.75) is 33.2 Å². The molecule has 0 saturated heterocycles. The summed E-state index contributed by atoms with van der Waals surface area (Å²) in [6, 6.07) is 2.13. The predicted octanol–water partition coefficient (Wildman–Crippen LogP) is 2.43. The van der Waals surface area contributed by atoms with Gasteiger partial charge in [0.15, 0.2) is 0 Å². The molecule has 0 aromatic carbocycles. The van der Waals surface area contributed by atoms with Crippen LogP contribution in [-0.4, -0.2) is 24.6 Å². The van der Waals surface area contributed by atoms with Gasteiger partial charge in [0.2, 0.25) is 0 Å². The van der Waals surface area contributed by atoms with Crippen molar-refractivity contribution >= 4 is 5.69 Å². The van der Waals surface area contributed by atoms with Crippen LogP contribution in [0, 0.1) is 5.92 Å². The normalized spacial score (nSPS) is 14.9. The van der Waals surface area contributed by atoms with E-state index in [4.69, 9.17) is 0 Å². The first-order chi connectivity index (χ1) is 8.35. The van der Waals surface area contributed by atoms with E-state index in [1.54, 1.807) is 0 Å². The fraction of sp³-hybridized carbons (Fsp3) is 0.643. The summed E-state index contributed by atoms with van der Waals surface area (Å²) in [7, 11) is 0. The summed E-state index contributed by atoms with van der Waals surface area (Å²) in [4.78, 5) is 6.75. The highest BCUT2D eigenvalue weighted by Crippen LogP contribution is 2.32. The highest BCUT2D eigenvalue weighted by molar-refractivity contribution is 5.51. The topological polar surface area (TPSA) is 28.2 Å². The number of rotatable bonds is 7. The Kier molecular flexibility index (Phi) is 4.37. The van der Waals surface area contributed by atoms with Crippen molar-refractivity contribution in [3.8, 4) is 0 Å². The Balaban J connectivity index is 2.09. The molecule has 1 aliphatic rings. The summed E-state index contributed by atoms with van der Waals surface area (Å²) >= 11 is 0. The third kappa shape index (κ3) is 3.43. The summed E-state index contributed by atoms with van der Waals surface area (Å²) in [6.45, 7) is 8.59. The van der Waals surface area contributed by atoms with E-state index in [1.807, 2.05) is 12.4 Å². The smallest absolute Gasteiger partial charge is 0.0598 e. The van der Waals surface area contributed by atoms with Crippen LogP contribution in [0.25, 0.3) is 0 Å². The average Bonchev–Trinajstić information content (AvgIpc) is 3.18. The van der Waals surface area contributed by atoms with Gasteiger partial charge in [-0.1, -0.05) is 6.92 Å². The first-order valence-electron chi connectivity index (χ1n) is 6.73. The number of nitrogens with one attached hydrogen (secondary N) is 1. The van der Waals surface area contributed by atoms with Crippen LogP contribution in [0.3, 0.4) is 0 Å². The van der Waals surface area contributed by atoms with E-state index in [0.717, 1.165) is 25.6 Å². The Hall–Kier alpha value is -1.09. The van der Waals surface area contributed by atoms with Crippen molar-refractivity contribution in [2.24, 2.45) is 5.92 Å². The van der Waals surface area contributed by atoms with Gasteiger partial charge in [-0.25, -0.2) is 0 Å². The molecule has 1 aliphatic carbocycles. The number of aromatic nitrogens is 1. The number of pyridine rings is 1. The van der Waals surface area contributed by atoms with Crippen LogP contribution in [0.5, 0.6) is 0 Å². The molecule has 94 valence electrons. The average molecular weight is 233 g/mol. The maximum atomic E-state index is 4.28. The molecule has 0 radical (unpaired) electrons. The molecule has 17 heavy (non-hydrogen) atoms. The minimum Gasteiger partial charge on any atom is -0.370 e. The summed E-state index contributed by atoms with van der Waals surface area (Å²) in [5.74, 6) is 0.919. The lowest BCUT2D eigenvalue weighted by Gasteiger charge is -2.25. The van der Waals surface area contributed by atoms with Gasteiger partial charge in [0.1, 0.15) is 0 Å². The van der Waals surface area contributed by atoms with Crippen molar-refractivity contribution in [3.63, 3.8) is 0 Å². The minimum atomic E-state index is 0.919. The van der Waals surface area contributed by atoms with Crippen molar-refractivity contribution in [1.29, 1.82) is 0 Å². The molecule has 1 N–H and O–H groups in total. The Morgan fingerprint density at radius 1 is 1.41 bits per heavy atom. The third-order valence-corrected chi connectivity index (χ3v) is 3.35. The maximum absolute atomic E-state index is 4.28. The SMILES string of the molecule is CCNCc1ccncc1N(CC)CC1CC1. The molecule has 2 rings (SSSR count). The monoisotopic (exact) mass is 233 g/mol. The third-order valence-electron chi connectivity index (χ3n) is 3.35. The second-order valence-electron chi connectivity index (χ2n) is 4.77. The predicted molar refractivity (Wildman–Crippen MR) is 72.2 cm³/mol. The summed E-state index contributed by atoms with van der Waals surface area (Å²) < 4.78 is 0. The van der Waals surface area contributed by atoms with Gasteiger partial charge in [0, 0.05) is 25.8 Å². The molecule has 1 aromatic heterocycles. The molecule has 0 amide bonds. The molecule has 1 heterocycles. The number of hydrogen-bond donors (Lipinski definition) is 1. The molecule has 3 heteroatoms. The zero-order chi connectivity index (χ0) is 12.1. The molecule has 3 nitrogen and oxygen atoms in total. The first-order valence-corrected chi connectivity index (χ1v) is 6.73. The van der Waals surface area contributed by atoms with E-state index in [1.165, 1.54) is 30.6 Å². The molecule has 0 bridgehead atoms.